The summed E-state index contributed by atoms with van der Waals surface area (Å²) in [4.78, 5) is 18.1. The summed E-state index contributed by atoms with van der Waals surface area (Å²) in [6.07, 6.45) is 2.78. The van der Waals surface area contributed by atoms with Gasteiger partial charge in [-0.05, 0) is 30.9 Å². The van der Waals surface area contributed by atoms with Crippen molar-refractivity contribution in [2.75, 3.05) is 26.0 Å². The van der Waals surface area contributed by atoms with Crippen LogP contribution in [-0.2, 0) is 4.79 Å². The zero-order chi connectivity index (χ0) is 14.5. The molecule has 1 heterocycles. The van der Waals surface area contributed by atoms with Crippen LogP contribution in [0.15, 0.2) is 23.2 Å². The first kappa shape index (κ1) is 15.5. The molecule has 2 rings (SSSR count). The summed E-state index contributed by atoms with van der Waals surface area (Å²) in [5, 5.41) is 1.66. The van der Waals surface area contributed by atoms with Crippen LogP contribution in [0.1, 0.15) is 6.42 Å². The number of aliphatic imine (C=N–C) groups is 1. The highest BCUT2D eigenvalue weighted by atomic mass is 35.5. The Labute approximate surface area is 132 Å². The molecule has 1 aromatic rings. The van der Waals surface area contributed by atoms with E-state index in [9.17, 15) is 4.79 Å². The number of carbonyl (C=O) groups is 1. The van der Waals surface area contributed by atoms with Crippen LogP contribution in [-0.4, -0.2) is 41.9 Å². The third-order valence-corrected chi connectivity index (χ3v) is 3.99. The molecule has 0 atom stereocenters. The quantitative estimate of drug-likeness (QED) is 0.852. The van der Waals surface area contributed by atoms with Gasteiger partial charge in [0, 0.05) is 18.1 Å². The lowest BCUT2D eigenvalue weighted by Gasteiger charge is -2.26. The molecule has 1 aliphatic rings. The number of ether oxygens (including phenoxy) is 1. The van der Waals surface area contributed by atoms with E-state index in [1.807, 2.05) is 6.26 Å². The molecule has 1 aliphatic heterocycles. The van der Waals surface area contributed by atoms with Gasteiger partial charge in [-0.2, -0.15) is 0 Å². The molecule has 0 fully saturated rings. The fourth-order valence-electron chi connectivity index (χ4n) is 1.80. The molecule has 0 aliphatic carbocycles. The van der Waals surface area contributed by atoms with E-state index in [2.05, 4.69) is 4.99 Å². The van der Waals surface area contributed by atoms with Crippen molar-refractivity contribution in [3.63, 3.8) is 0 Å². The summed E-state index contributed by atoms with van der Waals surface area (Å²) in [5.41, 5.74) is 0. The highest BCUT2D eigenvalue weighted by Crippen LogP contribution is 2.27. The van der Waals surface area contributed by atoms with Gasteiger partial charge >= 0.3 is 0 Å². The lowest BCUT2D eigenvalue weighted by molar-refractivity contribution is -0.129. The molecule has 0 aromatic heterocycles. The van der Waals surface area contributed by atoms with E-state index in [0.29, 0.717) is 22.3 Å². The third-order valence-electron chi connectivity index (χ3n) is 2.75. The van der Waals surface area contributed by atoms with Crippen LogP contribution >= 0.6 is 35.0 Å². The van der Waals surface area contributed by atoms with E-state index in [1.54, 1.807) is 23.1 Å². The number of amidine groups is 1. The van der Waals surface area contributed by atoms with Gasteiger partial charge in [-0.1, -0.05) is 35.0 Å². The van der Waals surface area contributed by atoms with Crippen molar-refractivity contribution in [2.24, 2.45) is 4.99 Å². The first-order chi connectivity index (χ1) is 9.61. The summed E-state index contributed by atoms with van der Waals surface area (Å²) in [5.74, 6) is 0.327. The first-order valence-electron chi connectivity index (χ1n) is 6.08. The number of hydrogen-bond donors (Lipinski definition) is 0. The van der Waals surface area contributed by atoms with Gasteiger partial charge in [0.1, 0.15) is 5.75 Å². The van der Waals surface area contributed by atoms with Crippen molar-refractivity contribution in [1.82, 2.24) is 4.90 Å². The minimum atomic E-state index is -0.121. The topological polar surface area (TPSA) is 41.9 Å². The summed E-state index contributed by atoms with van der Waals surface area (Å²) in [6.45, 7) is 1.38. The molecule has 108 valence electrons. The normalized spacial score (nSPS) is 14.9. The summed E-state index contributed by atoms with van der Waals surface area (Å²) in [6, 6.07) is 4.90. The number of nitrogens with zero attached hydrogens (tertiary/aromatic N) is 2. The Kier molecular flexibility index (Phi) is 5.57. The number of carbonyl (C=O) groups excluding carboxylic acids is 1. The molecule has 0 radical (unpaired) electrons. The highest BCUT2D eigenvalue weighted by molar-refractivity contribution is 8.13. The predicted molar refractivity (Wildman–Crippen MR) is 84.1 cm³/mol. The Hall–Kier alpha value is -0.910. The molecule has 20 heavy (non-hydrogen) atoms. The number of thioether (sulfide) groups is 1. The van der Waals surface area contributed by atoms with Gasteiger partial charge < -0.3 is 4.74 Å². The number of amides is 1. The van der Waals surface area contributed by atoms with Crippen molar-refractivity contribution in [3.05, 3.63) is 28.2 Å². The van der Waals surface area contributed by atoms with Gasteiger partial charge in [-0.25, -0.2) is 0 Å². The lowest BCUT2D eigenvalue weighted by Crippen LogP contribution is -2.41. The molecular weight excluding hydrogens is 319 g/mol. The van der Waals surface area contributed by atoms with Crippen LogP contribution in [0.2, 0.25) is 10.0 Å². The van der Waals surface area contributed by atoms with E-state index in [0.717, 1.165) is 18.1 Å². The summed E-state index contributed by atoms with van der Waals surface area (Å²) < 4.78 is 5.45. The Morgan fingerprint density at radius 1 is 1.50 bits per heavy atom. The molecule has 7 heteroatoms. The van der Waals surface area contributed by atoms with Gasteiger partial charge in [-0.3, -0.25) is 14.7 Å². The van der Waals surface area contributed by atoms with Gasteiger partial charge in [0.05, 0.1) is 5.02 Å². The summed E-state index contributed by atoms with van der Waals surface area (Å²) in [7, 11) is 0. The van der Waals surface area contributed by atoms with E-state index in [1.165, 1.54) is 11.8 Å². The Morgan fingerprint density at radius 3 is 3.00 bits per heavy atom. The fourth-order valence-corrected chi connectivity index (χ4v) is 2.90. The lowest BCUT2D eigenvalue weighted by atomic mass is 10.3. The predicted octanol–water partition coefficient (Wildman–Crippen LogP) is 3.32. The van der Waals surface area contributed by atoms with Crippen LogP contribution in [0.3, 0.4) is 0 Å². The van der Waals surface area contributed by atoms with Crippen molar-refractivity contribution in [2.45, 2.75) is 6.42 Å². The van der Waals surface area contributed by atoms with Crippen LogP contribution in [0.4, 0.5) is 0 Å². The SMILES string of the molecule is CSC1=NCCCN1C(=O)COc1ccc(Cl)cc1Cl. The zero-order valence-electron chi connectivity index (χ0n) is 10.9. The smallest absolute Gasteiger partial charge is 0.266 e. The molecular formula is C13H14Cl2N2O2S. The average molecular weight is 333 g/mol. The maximum absolute atomic E-state index is 12.2. The zero-order valence-corrected chi connectivity index (χ0v) is 13.3. The van der Waals surface area contributed by atoms with E-state index in [-0.39, 0.29) is 12.5 Å². The maximum Gasteiger partial charge on any atom is 0.266 e. The Balaban J connectivity index is 1.98. The number of halogens is 2. The summed E-state index contributed by atoms with van der Waals surface area (Å²) >= 11 is 13.3. The molecule has 1 amide bonds. The van der Waals surface area contributed by atoms with Gasteiger partial charge in [0.25, 0.3) is 5.91 Å². The second-order valence-electron chi connectivity index (χ2n) is 4.13. The van der Waals surface area contributed by atoms with E-state index in [4.69, 9.17) is 27.9 Å². The molecule has 0 spiro atoms. The first-order valence-corrected chi connectivity index (χ1v) is 8.06. The molecule has 0 bridgehead atoms. The second kappa shape index (κ2) is 7.20. The molecule has 0 N–H and O–H groups in total. The van der Waals surface area contributed by atoms with Gasteiger partial charge in [0.2, 0.25) is 0 Å². The van der Waals surface area contributed by atoms with Gasteiger partial charge in [-0.15, -0.1) is 0 Å². The molecule has 0 unspecified atom stereocenters. The minimum absolute atomic E-state index is 0.0685. The van der Waals surface area contributed by atoms with Crippen molar-refractivity contribution in [3.8, 4) is 5.75 Å². The molecule has 0 saturated heterocycles. The third kappa shape index (κ3) is 3.81. The monoisotopic (exact) mass is 332 g/mol. The van der Waals surface area contributed by atoms with Crippen LogP contribution < -0.4 is 4.74 Å². The standard InChI is InChI=1S/C13H14Cl2N2O2S/c1-20-13-16-5-2-6-17(13)12(18)8-19-11-4-3-9(14)7-10(11)15/h3-4,7H,2,5-6,8H2,1H3. The van der Waals surface area contributed by atoms with Crippen molar-refractivity contribution >= 4 is 46.0 Å². The Morgan fingerprint density at radius 2 is 2.30 bits per heavy atom. The molecule has 0 saturated carbocycles. The molecule has 4 nitrogen and oxygen atoms in total. The van der Waals surface area contributed by atoms with E-state index >= 15 is 0 Å². The van der Waals surface area contributed by atoms with Crippen molar-refractivity contribution in [1.29, 1.82) is 0 Å². The largest absolute Gasteiger partial charge is 0.482 e. The van der Waals surface area contributed by atoms with Crippen LogP contribution in [0, 0.1) is 0 Å². The molecule has 1 aromatic carbocycles. The number of rotatable bonds is 3. The Bertz CT molecular complexity index is 537. The average Bonchev–Trinajstić information content (AvgIpc) is 2.46. The van der Waals surface area contributed by atoms with Crippen molar-refractivity contribution < 1.29 is 9.53 Å². The van der Waals surface area contributed by atoms with Crippen LogP contribution in [0.5, 0.6) is 5.75 Å². The van der Waals surface area contributed by atoms with Crippen LogP contribution in [0.25, 0.3) is 0 Å². The van der Waals surface area contributed by atoms with E-state index < -0.39 is 0 Å². The van der Waals surface area contributed by atoms with Gasteiger partial charge in [0.15, 0.2) is 11.8 Å². The fraction of sp³-hybridized carbons (Fsp3) is 0.385. The minimum Gasteiger partial charge on any atom is -0.482 e. The maximum atomic E-state index is 12.2. The highest BCUT2D eigenvalue weighted by Gasteiger charge is 2.22. The number of benzene rings is 1. The second-order valence-corrected chi connectivity index (χ2v) is 5.75. The number of hydrogen-bond acceptors (Lipinski definition) is 4.